The van der Waals surface area contributed by atoms with E-state index in [2.05, 4.69) is 41.5 Å². The van der Waals surface area contributed by atoms with E-state index in [1.165, 1.54) is 0 Å². The Bertz CT molecular complexity index is 568. The molecular formula is C36H78O9PSi2+. The van der Waals surface area contributed by atoms with Gasteiger partial charge in [-0.3, -0.25) is 0 Å². The zero-order valence-corrected chi connectivity index (χ0v) is 35.2. The van der Waals surface area contributed by atoms with Crippen molar-refractivity contribution in [2.75, 3.05) is 79.3 Å². The largest absolute Gasteiger partial charge is 0.673 e. The van der Waals surface area contributed by atoms with Crippen LogP contribution in [-0.2, 0) is 41.4 Å². The molecule has 0 unspecified atom stereocenters. The molecule has 0 radical (unpaired) electrons. The molecule has 0 amide bonds. The second-order valence-electron chi connectivity index (χ2n) is 13.1. The molecule has 0 heterocycles. The molecule has 0 aliphatic rings. The van der Waals surface area contributed by atoms with E-state index in [0.717, 1.165) is 153 Å². The predicted octanol–water partition coefficient (Wildman–Crippen LogP) is 10.5. The molecule has 48 heavy (non-hydrogen) atoms. The van der Waals surface area contributed by atoms with Crippen LogP contribution in [0.2, 0.25) is 36.3 Å². The first-order chi connectivity index (χ1) is 23.5. The van der Waals surface area contributed by atoms with Gasteiger partial charge in [0.25, 0.3) is 16.6 Å². The van der Waals surface area contributed by atoms with Gasteiger partial charge in [0.15, 0.2) is 0 Å². The third-order valence-corrected chi connectivity index (χ3v) is 19.6. The third-order valence-electron chi connectivity index (χ3n) is 8.60. The summed E-state index contributed by atoms with van der Waals surface area (Å²) in [5.41, 5.74) is 0. The highest BCUT2D eigenvalue weighted by molar-refractivity contribution is 7.38. The van der Waals surface area contributed by atoms with Gasteiger partial charge in [0.05, 0.1) is 0 Å². The Hall–Kier alpha value is 0.214. The molecule has 0 aromatic rings. The second kappa shape index (κ2) is 35.6. The summed E-state index contributed by atoms with van der Waals surface area (Å²) in [6.45, 7) is 20.9. The monoisotopic (exact) mass is 741 g/mol. The second-order valence-corrected chi connectivity index (χ2v) is 22.7. The minimum Gasteiger partial charge on any atom is -0.382 e. The van der Waals surface area contributed by atoms with Crippen LogP contribution in [0.4, 0.5) is 0 Å². The Morgan fingerprint density at radius 3 is 0.688 bits per heavy atom. The van der Waals surface area contributed by atoms with E-state index in [1.54, 1.807) is 0 Å². The number of ether oxygens (including phenoxy) is 6. The van der Waals surface area contributed by atoms with Crippen molar-refractivity contribution < 1.29 is 41.4 Å². The normalized spacial score (nSPS) is 12.3. The Morgan fingerprint density at radius 2 is 0.521 bits per heavy atom. The van der Waals surface area contributed by atoms with Crippen LogP contribution >= 0.6 is 8.25 Å². The summed E-state index contributed by atoms with van der Waals surface area (Å²) in [5, 5.41) is 0. The van der Waals surface area contributed by atoms with Crippen LogP contribution in [0.3, 0.4) is 0 Å². The maximum Gasteiger partial charge on any atom is 0.673 e. The molecule has 0 N–H and O–H groups in total. The van der Waals surface area contributed by atoms with Gasteiger partial charge in [-0.15, -0.1) is 0 Å². The molecule has 0 rings (SSSR count). The maximum absolute atomic E-state index is 14.2. The summed E-state index contributed by atoms with van der Waals surface area (Å²) in [4.78, 5) is 0. The van der Waals surface area contributed by atoms with Gasteiger partial charge in [-0.05, 0) is 74.8 Å². The molecule has 12 heteroatoms. The SMILES string of the molecule is CCCCOCC[Si](CCOCCCC)(CCOCCCC)O[P+](=O)O[Si](CCOCCCC)(CCOCCCC)CCOCCCC. The van der Waals surface area contributed by atoms with E-state index in [0.29, 0.717) is 39.6 Å². The molecule has 0 saturated carbocycles. The summed E-state index contributed by atoms with van der Waals surface area (Å²) in [5.74, 6) is 0. The van der Waals surface area contributed by atoms with Crippen molar-refractivity contribution in [1.29, 1.82) is 0 Å². The van der Waals surface area contributed by atoms with Crippen LogP contribution in [0.5, 0.6) is 0 Å². The van der Waals surface area contributed by atoms with Crippen molar-refractivity contribution in [1.82, 2.24) is 0 Å². The van der Waals surface area contributed by atoms with E-state index in [9.17, 15) is 4.57 Å². The van der Waals surface area contributed by atoms with Crippen LogP contribution in [0, 0.1) is 0 Å². The maximum atomic E-state index is 14.2. The van der Waals surface area contributed by atoms with Gasteiger partial charge >= 0.3 is 8.25 Å². The average Bonchev–Trinajstić information content (AvgIpc) is 3.07. The highest BCUT2D eigenvalue weighted by Crippen LogP contribution is 2.42. The van der Waals surface area contributed by atoms with Crippen molar-refractivity contribution in [2.45, 2.75) is 155 Å². The zero-order chi connectivity index (χ0) is 35.4. The molecule has 0 fully saturated rings. The van der Waals surface area contributed by atoms with Gasteiger partial charge in [0.2, 0.25) is 0 Å². The minimum atomic E-state index is -2.64. The minimum absolute atomic E-state index is 0.587. The van der Waals surface area contributed by atoms with Crippen molar-refractivity contribution in [2.24, 2.45) is 0 Å². The summed E-state index contributed by atoms with van der Waals surface area (Å²) in [6, 6.07) is 4.44. The third kappa shape index (κ3) is 27.9. The van der Waals surface area contributed by atoms with E-state index < -0.39 is 24.9 Å². The molecule has 0 atom stereocenters. The summed E-state index contributed by atoms with van der Waals surface area (Å²) < 4.78 is 64.0. The predicted molar refractivity (Wildman–Crippen MR) is 204 cm³/mol. The van der Waals surface area contributed by atoms with Gasteiger partial charge in [-0.2, -0.15) is 8.43 Å². The van der Waals surface area contributed by atoms with Crippen molar-refractivity contribution >= 4 is 24.9 Å². The van der Waals surface area contributed by atoms with Gasteiger partial charge in [0.1, 0.15) is 0 Å². The first kappa shape index (κ1) is 48.2. The first-order valence-electron chi connectivity index (χ1n) is 19.8. The average molecular weight is 742 g/mol. The topological polar surface area (TPSA) is 90.9 Å². The molecule has 9 nitrogen and oxygen atoms in total. The zero-order valence-electron chi connectivity index (χ0n) is 32.3. The van der Waals surface area contributed by atoms with Crippen LogP contribution in [0.1, 0.15) is 119 Å². The van der Waals surface area contributed by atoms with E-state index >= 15 is 0 Å². The number of unbranched alkanes of at least 4 members (excludes halogenated alkanes) is 6. The van der Waals surface area contributed by atoms with Gasteiger partial charge in [-0.1, -0.05) is 80.1 Å². The first-order valence-corrected chi connectivity index (χ1v) is 25.9. The fourth-order valence-electron chi connectivity index (χ4n) is 5.00. The lowest BCUT2D eigenvalue weighted by Gasteiger charge is -2.28. The van der Waals surface area contributed by atoms with E-state index in [1.807, 2.05) is 0 Å². The van der Waals surface area contributed by atoms with Gasteiger partial charge in [-0.25, -0.2) is 0 Å². The van der Waals surface area contributed by atoms with Crippen molar-refractivity contribution in [3.05, 3.63) is 0 Å². The quantitative estimate of drug-likeness (QED) is 0.0346. The molecule has 0 aromatic carbocycles. The van der Waals surface area contributed by atoms with E-state index in [-0.39, 0.29) is 0 Å². The highest BCUT2D eigenvalue weighted by Gasteiger charge is 2.50. The fourth-order valence-corrected chi connectivity index (χ4v) is 14.8. The lowest BCUT2D eigenvalue weighted by Crippen LogP contribution is -2.43. The molecule has 0 aliphatic heterocycles. The molecule has 0 bridgehead atoms. The number of hydrogen-bond donors (Lipinski definition) is 0. The molecule has 0 aromatic heterocycles. The lowest BCUT2D eigenvalue weighted by molar-refractivity contribution is 0.127. The van der Waals surface area contributed by atoms with Crippen molar-refractivity contribution in [3.63, 3.8) is 0 Å². The van der Waals surface area contributed by atoms with Gasteiger partial charge in [0, 0.05) is 83.8 Å². The Morgan fingerprint density at radius 1 is 0.333 bits per heavy atom. The van der Waals surface area contributed by atoms with Crippen LogP contribution in [-0.4, -0.2) is 95.9 Å². The molecule has 288 valence electrons. The highest BCUT2D eigenvalue weighted by atomic mass is 31.1. The summed E-state index contributed by atoms with van der Waals surface area (Å²) >= 11 is 0. The van der Waals surface area contributed by atoms with Crippen LogP contribution in [0.15, 0.2) is 0 Å². The standard InChI is InChI=1S/C36H78O9PSi2/c1-7-13-19-38-25-31-47(32-26-39-20-14-8-2,33-27-40-21-15-9-3)44-46(37)45-48(34-28-41-22-16-10-4,35-29-42-23-17-11-5)36-30-43-24-18-12-6/h7-36H2,1-6H3/q+1. The van der Waals surface area contributed by atoms with Crippen LogP contribution in [0.25, 0.3) is 0 Å². The Balaban J connectivity index is 6.09. The van der Waals surface area contributed by atoms with Gasteiger partial charge < -0.3 is 28.4 Å². The number of rotatable bonds is 40. The smallest absolute Gasteiger partial charge is 0.382 e. The van der Waals surface area contributed by atoms with Crippen molar-refractivity contribution in [3.8, 4) is 0 Å². The Kier molecular flexibility index (Phi) is 35.8. The molecule has 0 spiro atoms. The Labute approximate surface area is 299 Å². The molecular weight excluding hydrogens is 664 g/mol. The summed E-state index contributed by atoms with van der Waals surface area (Å²) in [7, 11) is -7.66. The summed E-state index contributed by atoms with van der Waals surface area (Å²) in [6.07, 6.45) is 12.7. The van der Waals surface area contributed by atoms with Crippen LogP contribution < -0.4 is 0 Å². The van der Waals surface area contributed by atoms with E-state index in [4.69, 9.17) is 36.8 Å². The number of hydrogen-bond acceptors (Lipinski definition) is 9. The lowest BCUT2D eigenvalue weighted by atomic mass is 10.4. The fraction of sp³-hybridized carbons (Fsp3) is 1.00. The molecule has 0 saturated heterocycles. The molecule has 0 aliphatic carbocycles.